The van der Waals surface area contributed by atoms with E-state index in [0.29, 0.717) is 28.8 Å². The molecule has 0 bridgehead atoms. The van der Waals surface area contributed by atoms with Gasteiger partial charge in [0.05, 0.1) is 5.75 Å². The number of nitrogens with zero attached hydrogens (tertiary/aromatic N) is 1. The standard InChI is InChI=1S/C27H28Cl2N2O2S/c1-2-30-27(33)25(16-20-10-4-3-5-11-20)31(17-21-12-6-8-14-23(21)28)26(32)19-34-18-22-13-7-9-15-24(22)29/h3-15,25H,2,16-19H2,1H3,(H,30,33). The highest BCUT2D eigenvalue weighted by Gasteiger charge is 2.30. The highest BCUT2D eigenvalue weighted by atomic mass is 35.5. The zero-order chi connectivity index (χ0) is 24.3. The van der Waals surface area contributed by atoms with Crippen LogP contribution in [0, 0.1) is 0 Å². The van der Waals surface area contributed by atoms with Crippen LogP contribution < -0.4 is 5.32 Å². The number of hydrogen-bond acceptors (Lipinski definition) is 3. The van der Waals surface area contributed by atoms with Gasteiger partial charge in [-0.1, -0.05) is 89.9 Å². The summed E-state index contributed by atoms with van der Waals surface area (Å²) < 4.78 is 0. The van der Waals surface area contributed by atoms with Crippen molar-refractivity contribution in [3.05, 3.63) is 106 Å². The summed E-state index contributed by atoms with van der Waals surface area (Å²) in [5, 5.41) is 4.15. The molecule has 178 valence electrons. The van der Waals surface area contributed by atoms with Gasteiger partial charge in [-0.05, 0) is 35.7 Å². The van der Waals surface area contributed by atoms with Crippen molar-refractivity contribution in [2.75, 3.05) is 12.3 Å². The molecule has 1 atom stereocenters. The molecule has 3 aromatic rings. The summed E-state index contributed by atoms with van der Waals surface area (Å²) >= 11 is 14.2. The van der Waals surface area contributed by atoms with Gasteiger partial charge in [-0.15, -0.1) is 11.8 Å². The van der Waals surface area contributed by atoms with Crippen LogP contribution in [0.2, 0.25) is 10.0 Å². The van der Waals surface area contributed by atoms with Crippen molar-refractivity contribution in [3.63, 3.8) is 0 Å². The molecular weight excluding hydrogens is 487 g/mol. The van der Waals surface area contributed by atoms with Crippen LogP contribution in [-0.2, 0) is 28.3 Å². The van der Waals surface area contributed by atoms with Crippen molar-refractivity contribution in [3.8, 4) is 0 Å². The second-order valence-electron chi connectivity index (χ2n) is 7.80. The summed E-state index contributed by atoms with van der Waals surface area (Å²) in [7, 11) is 0. The van der Waals surface area contributed by atoms with Gasteiger partial charge in [0.15, 0.2) is 0 Å². The Morgan fingerprint density at radius 3 is 2.09 bits per heavy atom. The van der Waals surface area contributed by atoms with E-state index >= 15 is 0 Å². The Kier molecular flexibility index (Phi) is 10.3. The van der Waals surface area contributed by atoms with Crippen molar-refractivity contribution in [2.45, 2.75) is 31.7 Å². The quantitative estimate of drug-likeness (QED) is 0.341. The van der Waals surface area contributed by atoms with Gasteiger partial charge in [-0.2, -0.15) is 0 Å². The Balaban J connectivity index is 1.84. The van der Waals surface area contributed by atoms with Gasteiger partial charge in [0.2, 0.25) is 11.8 Å². The van der Waals surface area contributed by atoms with Crippen LogP contribution in [0.5, 0.6) is 0 Å². The van der Waals surface area contributed by atoms with Crippen LogP contribution in [-0.4, -0.2) is 35.1 Å². The van der Waals surface area contributed by atoms with Gasteiger partial charge < -0.3 is 10.2 Å². The van der Waals surface area contributed by atoms with E-state index in [-0.39, 0.29) is 24.1 Å². The van der Waals surface area contributed by atoms with Crippen LogP contribution in [0.4, 0.5) is 0 Å². The minimum absolute atomic E-state index is 0.121. The Hall–Kier alpha value is -2.47. The molecule has 0 spiro atoms. The molecule has 0 saturated carbocycles. The summed E-state index contributed by atoms with van der Waals surface area (Å²) in [6.07, 6.45) is 0.415. The third kappa shape index (κ3) is 7.52. The molecule has 1 N–H and O–H groups in total. The minimum atomic E-state index is -0.660. The molecule has 0 saturated heterocycles. The monoisotopic (exact) mass is 514 g/mol. The molecule has 4 nitrogen and oxygen atoms in total. The van der Waals surface area contributed by atoms with Gasteiger partial charge in [-0.3, -0.25) is 9.59 Å². The van der Waals surface area contributed by atoms with Crippen LogP contribution in [0.25, 0.3) is 0 Å². The van der Waals surface area contributed by atoms with Crippen molar-refractivity contribution in [2.24, 2.45) is 0 Å². The molecule has 0 radical (unpaired) electrons. The van der Waals surface area contributed by atoms with Crippen LogP contribution in [0.15, 0.2) is 78.9 Å². The Morgan fingerprint density at radius 2 is 1.47 bits per heavy atom. The van der Waals surface area contributed by atoms with E-state index in [0.717, 1.165) is 16.7 Å². The maximum Gasteiger partial charge on any atom is 0.243 e. The van der Waals surface area contributed by atoms with E-state index < -0.39 is 6.04 Å². The van der Waals surface area contributed by atoms with Gasteiger partial charge in [0.25, 0.3) is 0 Å². The molecular formula is C27H28Cl2N2O2S. The van der Waals surface area contributed by atoms with Gasteiger partial charge >= 0.3 is 0 Å². The predicted octanol–water partition coefficient (Wildman–Crippen LogP) is 6.00. The summed E-state index contributed by atoms with van der Waals surface area (Å²) in [5.74, 6) is 0.531. The summed E-state index contributed by atoms with van der Waals surface area (Å²) in [4.78, 5) is 28.3. The first-order valence-corrected chi connectivity index (χ1v) is 13.1. The zero-order valence-electron chi connectivity index (χ0n) is 19.0. The van der Waals surface area contributed by atoms with Gasteiger partial charge in [0.1, 0.15) is 6.04 Å². The number of likely N-dealkylation sites (N-methyl/N-ethyl adjacent to an activating group) is 1. The maximum absolute atomic E-state index is 13.5. The Labute approximate surface area is 215 Å². The molecule has 2 amide bonds. The third-order valence-corrected chi connectivity index (χ3v) is 7.07. The summed E-state index contributed by atoms with van der Waals surface area (Å²) in [6, 6.07) is 24.1. The van der Waals surface area contributed by atoms with Crippen LogP contribution in [0.3, 0.4) is 0 Å². The Morgan fingerprint density at radius 1 is 0.882 bits per heavy atom. The number of halogens is 2. The predicted molar refractivity (Wildman–Crippen MR) is 142 cm³/mol. The average Bonchev–Trinajstić information content (AvgIpc) is 2.84. The molecule has 0 heterocycles. The lowest BCUT2D eigenvalue weighted by molar-refractivity contribution is -0.139. The minimum Gasteiger partial charge on any atom is -0.355 e. The van der Waals surface area contributed by atoms with Crippen LogP contribution >= 0.6 is 35.0 Å². The lowest BCUT2D eigenvalue weighted by Gasteiger charge is -2.31. The lowest BCUT2D eigenvalue weighted by Crippen LogP contribution is -2.51. The van der Waals surface area contributed by atoms with Crippen molar-refractivity contribution in [1.29, 1.82) is 0 Å². The second-order valence-corrected chi connectivity index (χ2v) is 9.60. The first-order valence-electron chi connectivity index (χ1n) is 11.1. The van der Waals surface area contributed by atoms with Gasteiger partial charge in [-0.25, -0.2) is 0 Å². The topological polar surface area (TPSA) is 49.4 Å². The van der Waals surface area contributed by atoms with E-state index in [4.69, 9.17) is 23.2 Å². The lowest BCUT2D eigenvalue weighted by atomic mass is 10.0. The molecule has 0 fully saturated rings. The summed E-state index contributed by atoms with van der Waals surface area (Å²) in [6.45, 7) is 2.61. The maximum atomic E-state index is 13.5. The van der Waals surface area contributed by atoms with Crippen molar-refractivity contribution < 1.29 is 9.59 Å². The molecule has 0 aliphatic rings. The Bertz CT molecular complexity index is 1090. The molecule has 3 aromatic carbocycles. The van der Waals surface area contributed by atoms with Crippen molar-refractivity contribution >= 4 is 46.8 Å². The molecule has 0 aromatic heterocycles. The third-order valence-electron chi connectivity index (χ3n) is 5.36. The molecule has 7 heteroatoms. The number of carbonyl (C=O) groups excluding carboxylic acids is 2. The van der Waals surface area contributed by atoms with E-state index in [1.54, 1.807) is 11.0 Å². The normalized spacial score (nSPS) is 11.6. The zero-order valence-corrected chi connectivity index (χ0v) is 21.4. The molecule has 3 rings (SSSR count). The smallest absolute Gasteiger partial charge is 0.243 e. The van der Waals surface area contributed by atoms with Crippen molar-refractivity contribution in [1.82, 2.24) is 10.2 Å². The fourth-order valence-corrected chi connectivity index (χ4v) is 4.99. The fourth-order valence-electron chi connectivity index (χ4n) is 3.60. The first kappa shape index (κ1) is 26.1. The van der Waals surface area contributed by atoms with E-state index in [9.17, 15) is 9.59 Å². The molecule has 0 aliphatic heterocycles. The fraction of sp³-hybridized carbons (Fsp3) is 0.259. The largest absolute Gasteiger partial charge is 0.355 e. The number of hydrogen-bond donors (Lipinski definition) is 1. The number of nitrogens with one attached hydrogen (secondary N) is 1. The molecule has 0 aliphatic carbocycles. The first-order chi connectivity index (χ1) is 16.5. The number of carbonyl (C=O) groups is 2. The molecule has 34 heavy (non-hydrogen) atoms. The van der Waals surface area contributed by atoms with Gasteiger partial charge in [0, 0.05) is 35.3 Å². The number of amides is 2. The molecule has 1 unspecified atom stereocenters. The van der Waals surface area contributed by atoms with Crippen LogP contribution in [0.1, 0.15) is 23.6 Å². The second kappa shape index (κ2) is 13.4. The average molecular weight is 516 g/mol. The van der Waals surface area contributed by atoms with E-state index in [1.165, 1.54) is 11.8 Å². The number of benzene rings is 3. The van der Waals surface area contributed by atoms with E-state index in [1.807, 2.05) is 79.7 Å². The highest BCUT2D eigenvalue weighted by Crippen LogP contribution is 2.24. The number of rotatable bonds is 11. The van der Waals surface area contributed by atoms with E-state index in [2.05, 4.69) is 5.32 Å². The highest BCUT2D eigenvalue weighted by molar-refractivity contribution is 7.99. The number of thioether (sulfide) groups is 1. The SMILES string of the molecule is CCNC(=O)C(Cc1ccccc1)N(Cc1ccccc1Cl)C(=O)CSCc1ccccc1Cl. The summed E-state index contributed by atoms with van der Waals surface area (Å²) in [5.41, 5.74) is 2.76.